The number of nitrogens with one attached hydrogen (secondary N) is 1. The topological polar surface area (TPSA) is 46.5 Å². The number of amidine groups is 1. The lowest BCUT2D eigenvalue weighted by Gasteiger charge is -2.12. The lowest BCUT2D eigenvalue weighted by molar-refractivity contribution is 0.395. The van der Waals surface area contributed by atoms with Crippen molar-refractivity contribution in [2.75, 3.05) is 11.9 Å². The first kappa shape index (κ1) is 18.5. The van der Waals surface area contributed by atoms with Gasteiger partial charge in [-0.25, -0.2) is 13.8 Å². The van der Waals surface area contributed by atoms with Crippen LogP contribution in [0.4, 0.5) is 18.3 Å². The highest BCUT2D eigenvalue weighted by molar-refractivity contribution is 7.14. The van der Waals surface area contributed by atoms with Crippen LogP contribution in [0.25, 0.3) is 11.3 Å². The SMILES string of the molecule is Fc1ccc(Oc2ccccc2-c2csc(NC3=NCCCC3)n2)c(F)c1F. The third-order valence-corrected chi connectivity index (χ3v) is 5.02. The van der Waals surface area contributed by atoms with Crippen molar-refractivity contribution < 1.29 is 17.9 Å². The molecule has 0 fully saturated rings. The van der Waals surface area contributed by atoms with E-state index in [-0.39, 0.29) is 0 Å². The van der Waals surface area contributed by atoms with Crippen molar-refractivity contribution in [2.24, 2.45) is 4.99 Å². The lowest BCUT2D eigenvalue weighted by Crippen LogP contribution is -2.15. The molecule has 1 aliphatic rings. The van der Waals surface area contributed by atoms with Crippen molar-refractivity contribution in [3.05, 3.63) is 59.2 Å². The van der Waals surface area contributed by atoms with E-state index >= 15 is 0 Å². The number of hydrogen-bond acceptors (Lipinski definition) is 5. The van der Waals surface area contributed by atoms with Crippen molar-refractivity contribution in [2.45, 2.75) is 19.3 Å². The van der Waals surface area contributed by atoms with Crippen LogP contribution in [0.5, 0.6) is 11.5 Å². The van der Waals surface area contributed by atoms with E-state index in [9.17, 15) is 13.2 Å². The van der Waals surface area contributed by atoms with Crippen LogP contribution in [0, 0.1) is 17.5 Å². The second-order valence-corrected chi connectivity index (χ2v) is 7.08. The summed E-state index contributed by atoms with van der Waals surface area (Å²) in [5.41, 5.74) is 1.24. The number of rotatable bonds is 4. The van der Waals surface area contributed by atoms with Crippen LogP contribution in [0.3, 0.4) is 0 Å². The molecule has 2 aromatic carbocycles. The van der Waals surface area contributed by atoms with Crippen LogP contribution in [-0.4, -0.2) is 17.4 Å². The Morgan fingerprint density at radius 2 is 1.82 bits per heavy atom. The van der Waals surface area contributed by atoms with Gasteiger partial charge in [0.2, 0.25) is 5.82 Å². The molecule has 0 unspecified atom stereocenters. The van der Waals surface area contributed by atoms with Gasteiger partial charge in [-0.05, 0) is 37.1 Å². The fourth-order valence-electron chi connectivity index (χ4n) is 2.85. The molecule has 0 atom stereocenters. The zero-order chi connectivity index (χ0) is 19.5. The maximum absolute atomic E-state index is 14.0. The number of hydrogen-bond donors (Lipinski definition) is 1. The van der Waals surface area contributed by atoms with Gasteiger partial charge in [-0.1, -0.05) is 12.1 Å². The molecule has 4 nitrogen and oxygen atoms in total. The van der Waals surface area contributed by atoms with Gasteiger partial charge >= 0.3 is 0 Å². The second-order valence-electron chi connectivity index (χ2n) is 6.22. The van der Waals surface area contributed by atoms with Gasteiger partial charge in [-0.2, -0.15) is 4.39 Å². The first-order valence-electron chi connectivity index (χ1n) is 8.78. The molecule has 0 saturated heterocycles. The van der Waals surface area contributed by atoms with E-state index < -0.39 is 23.2 Å². The van der Waals surface area contributed by atoms with Crippen molar-refractivity contribution in [1.29, 1.82) is 0 Å². The number of aliphatic imine (C=N–C) groups is 1. The molecule has 1 N–H and O–H groups in total. The number of ether oxygens (including phenoxy) is 1. The number of halogens is 3. The zero-order valence-corrected chi connectivity index (χ0v) is 15.5. The number of benzene rings is 2. The normalized spacial score (nSPS) is 13.9. The maximum atomic E-state index is 14.0. The predicted octanol–water partition coefficient (Wildman–Crippen LogP) is 6.01. The summed E-state index contributed by atoms with van der Waals surface area (Å²) in [6, 6.07) is 8.77. The number of para-hydroxylation sites is 1. The first-order valence-corrected chi connectivity index (χ1v) is 9.66. The van der Waals surface area contributed by atoms with Gasteiger partial charge in [0.15, 0.2) is 22.5 Å². The van der Waals surface area contributed by atoms with E-state index in [1.807, 2.05) is 5.38 Å². The van der Waals surface area contributed by atoms with Gasteiger partial charge in [0.25, 0.3) is 0 Å². The maximum Gasteiger partial charge on any atom is 0.204 e. The van der Waals surface area contributed by atoms with E-state index in [4.69, 9.17) is 4.74 Å². The third kappa shape index (κ3) is 3.87. The highest BCUT2D eigenvalue weighted by atomic mass is 32.1. The Balaban J connectivity index is 1.60. The van der Waals surface area contributed by atoms with Crippen molar-refractivity contribution in [3.8, 4) is 22.8 Å². The molecular formula is C20H16F3N3OS. The van der Waals surface area contributed by atoms with Gasteiger partial charge < -0.3 is 10.1 Å². The van der Waals surface area contributed by atoms with Crippen molar-refractivity contribution in [3.63, 3.8) is 0 Å². The Kier molecular flexibility index (Phi) is 5.29. The van der Waals surface area contributed by atoms with E-state index in [1.54, 1.807) is 24.3 Å². The fourth-order valence-corrected chi connectivity index (χ4v) is 3.58. The minimum atomic E-state index is -1.57. The standard InChI is InChI=1S/C20H16F3N3OS/c21-13-8-9-16(19(23)18(13)22)27-15-6-2-1-5-12(15)14-11-28-20(25-14)26-17-7-3-4-10-24-17/h1-2,5-6,8-9,11H,3-4,7,10H2,(H,24,25,26). The molecular weight excluding hydrogens is 387 g/mol. The summed E-state index contributed by atoms with van der Waals surface area (Å²) in [6.45, 7) is 0.817. The van der Waals surface area contributed by atoms with Gasteiger partial charge in [-0.3, -0.25) is 4.99 Å². The van der Waals surface area contributed by atoms with E-state index in [0.29, 0.717) is 22.1 Å². The third-order valence-electron chi connectivity index (χ3n) is 4.26. The molecule has 0 aliphatic carbocycles. The summed E-state index contributed by atoms with van der Waals surface area (Å²) in [4.78, 5) is 8.99. The highest BCUT2D eigenvalue weighted by Gasteiger charge is 2.18. The summed E-state index contributed by atoms with van der Waals surface area (Å²) in [5, 5.41) is 5.77. The van der Waals surface area contributed by atoms with Gasteiger partial charge in [0.05, 0.1) is 5.69 Å². The lowest BCUT2D eigenvalue weighted by atomic mass is 10.1. The molecule has 4 rings (SSSR count). The molecule has 0 saturated carbocycles. The van der Waals surface area contributed by atoms with Gasteiger partial charge in [0.1, 0.15) is 11.6 Å². The Bertz CT molecular complexity index is 1040. The van der Waals surface area contributed by atoms with Crippen LogP contribution >= 0.6 is 11.3 Å². The smallest absolute Gasteiger partial charge is 0.204 e. The Morgan fingerprint density at radius 3 is 2.64 bits per heavy atom. The first-order chi connectivity index (χ1) is 13.6. The Hall–Kier alpha value is -2.87. The second kappa shape index (κ2) is 8.02. The summed E-state index contributed by atoms with van der Waals surface area (Å²) in [7, 11) is 0. The van der Waals surface area contributed by atoms with Crippen LogP contribution in [0.15, 0.2) is 46.8 Å². The zero-order valence-electron chi connectivity index (χ0n) is 14.7. The van der Waals surface area contributed by atoms with Gasteiger partial charge in [-0.15, -0.1) is 11.3 Å². The van der Waals surface area contributed by atoms with E-state index in [0.717, 1.165) is 43.8 Å². The van der Waals surface area contributed by atoms with E-state index in [1.165, 1.54) is 11.3 Å². The number of aromatic nitrogens is 1. The molecule has 8 heteroatoms. The average Bonchev–Trinajstić information content (AvgIpc) is 3.18. The molecule has 28 heavy (non-hydrogen) atoms. The molecule has 0 radical (unpaired) electrons. The van der Waals surface area contributed by atoms with Crippen LogP contribution in [-0.2, 0) is 0 Å². The molecule has 1 aliphatic heterocycles. The molecule has 0 amide bonds. The molecule has 144 valence electrons. The highest BCUT2D eigenvalue weighted by Crippen LogP contribution is 2.36. The van der Waals surface area contributed by atoms with Gasteiger partial charge in [0, 0.05) is 23.9 Å². The monoisotopic (exact) mass is 403 g/mol. The molecule has 1 aromatic heterocycles. The van der Waals surface area contributed by atoms with Crippen molar-refractivity contribution in [1.82, 2.24) is 4.98 Å². The predicted molar refractivity (Wildman–Crippen MR) is 104 cm³/mol. The van der Waals surface area contributed by atoms with Crippen LogP contribution < -0.4 is 10.1 Å². The minimum absolute atomic E-state index is 0.291. The largest absolute Gasteiger partial charge is 0.453 e. The Labute approximate surface area is 163 Å². The molecule has 0 spiro atoms. The summed E-state index contributed by atoms with van der Waals surface area (Å²) < 4.78 is 46.1. The summed E-state index contributed by atoms with van der Waals surface area (Å²) in [5.74, 6) is -3.38. The summed E-state index contributed by atoms with van der Waals surface area (Å²) >= 11 is 1.42. The van der Waals surface area contributed by atoms with Crippen LogP contribution in [0.2, 0.25) is 0 Å². The molecule has 3 aromatic rings. The average molecular weight is 403 g/mol. The van der Waals surface area contributed by atoms with Crippen molar-refractivity contribution >= 4 is 22.3 Å². The Morgan fingerprint density at radius 1 is 0.964 bits per heavy atom. The number of anilines is 1. The molecule has 2 heterocycles. The summed E-state index contributed by atoms with van der Waals surface area (Å²) in [6.07, 6.45) is 3.09. The fraction of sp³-hybridized carbons (Fsp3) is 0.200. The minimum Gasteiger partial charge on any atom is -0.453 e. The van der Waals surface area contributed by atoms with E-state index in [2.05, 4.69) is 15.3 Å². The number of thiazole rings is 1. The molecule has 0 bridgehead atoms. The van der Waals surface area contributed by atoms with Crippen LogP contribution in [0.1, 0.15) is 19.3 Å². The number of nitrogens with zero attached hydrogens (tertiary/aromatic N) is 2. The quantitative estimate of drug-likeness (QED) is 0.543.